The smallest absolute Gasteiger partial charge is 0.119 e. The summed E-state index contributed by atoms with van der Waals surface area (Å²) in [6.45, 7) is 7.00. The molecule has 0 unspecified atom stereocenters. The van der Waals surface area contributed by atoms with E-state index in [1.165, 1.54) is 33.2 Å². The molecule has 0 spiro atoms. The number of benzene rings is 1. The molecule has 1 aromatic carbocycles. The molecule has 3 heteroatoms. The van der Waals surface area contributed by atoms with Gasteiger partial charge in [-0.2, -0.15) is 0 Å². The number of hydrogen-bond acceptors (Lipinski definition) is 1. The summed E-state index contributed by atoms with van der Waals surface area (Å²) in [5.74, 6) is 4.74. The SMILES string of the molecule is CCS(CC)(CC)c1cc2cc(OC)ccc2n1C. The van der Waals surface area contributed by atoms with Crippen molar-refractivity contribution in [1.29, 1.82) is 0 Å². The Morgan fingerprint density at radius 1 is 1.05 bits per heavy atom. The van der Waals surface area contributed by atoms with Crippen molar-refractivity contribution in [2.24, 2.45) is 7.05 Å². The fourth-order valence-electron chi connectivity index (χ4n) is 2.90. The van der Waals surface area contributed by atoms with E-state index in [1.807, 2.05) is 6.07 Å². The van der Waals surface area contributed by atoms with Crippen molar-refractivity contribution in [3.63, 3.8) is 0 Å². The molecule has 0 atom stereocenters. The zero-order valence-corrected chi connectivity index (χ0v) is 13.5. The minimum Gasteiger partial charge on any atom is -0.497 e. The third-order valence-corrected chi connectivity index (χ3v) is 8.90. The summed E-state index contributed by atoms with van der Waals surface area (Å²) in [4.78, 5) is 0. The van der Waals surface area contributed by atoms with Gasteiger partial charge >= 0.3 is 0 Å². The Balaban J connectivity index is 2.64. The molecule has 2 nitrogen and oxygen atoms in total. The summed E-state index contributed by atoms with van der Waals surface area (Å²) in [6, 6.07) is 8.74. The van der Waals surface area contributed by atoms with Gasteiger partial charge in [-0.05, 0) is 41.5 Å². The molecular weight excluding hydrogens is 254 g/mol. The lowest BCUT2D eigenvalue weighted by molar-refractivity contribution is 0.415. The van der Waals surface area contributed by atoms with Gasteiger partial charge in [-0.15, -0.1) is 0 Å². The van der Waals surface area contributed by atoms with Gasteiger partial charge in [0.15, 0.2) is 0 Å². The van der Waals surface area contributed by atoms with E-state index in [2.05, 4.69) is 50.6 Å². The number of aromatic nitrogens is 1. The van der Waals surface area contributed by atoms with Crippen LogP contribution in [0.4, 0.5) is 0 Å². The molecule has 0 saturated heterocycles. The topological polar surface area (TPSA) is 14.2 Å². The highest BCUT2D eigenvalue weighted by Crippen LogP contribution is 2.56. The molecule has 2 aromatic rings. The van der Waals surface area contributed by atoms with Crippen LogP contribution in [0.5, 0.6) is 5.75 Å². The van der Waals surface area contributed by atoms with Gasteiger partial charge < -0.3 is 9.30 Å². The standard InChI is InChI=1S/C16H25NOS/c1-6-19(7-2,8-3)16-12-13-11-14(18-5)9-10-15(13)17(16)4/h9-12H,6-8H2,1-5H3. The number of methoxy groups -OCH3 is 1. The summed E-state index contributed by atoms with van der Waals surface area (Å²) in [7, 11) is 3.25. The van der Waals surface area contributed by atoms with Crippen molar-refractivity contribution in [2.45, 2.75) is 25.8 Å². The van der Waals surface area contributed by atoms with E-state index in [0.717, 1.165) is 5.75 Å². The van der Waals surface area contributed by atoms with Gasteiger partial charge in [-0.25, -0.2) is 10.0 Å². The van der Waals surface area contributed by atoms with Crippen LogP contribution in [0.2, 0.25) is 0 Å². The molecular formula is C16H25NOS. The van der Waals surface area contributed by atoms with Crippen molar-refractivity contribution < 1.29 is 4.74 Å². The summed E-state index contributed by atoms with van der Waals surface area (Å²) in [6.07, 6.45) is 0. The van der Waals surface area contributed by atoms with Crippen molar-refractivity contribution in [2.75, 3.05) is 24.4 Å². The van der Waals surface area contributed by atoms with E-state index in [1.54, 1.807) is 7.11 Å². The second-order valence-electron chi connectivity index (χ2n) is 4.88. The minimum absolute atomic E-state index is 0.679. The second-order valence-corrected chi connectivity index (χ2v) is 9.12. The van der Waals surface area contributed by atoms with Crippen LogP contribution in [0, 0.1) is 0 Å². The number of aryl methyl sites for hydroxylation is 1. The number of ether oxygens (including phenoxy) is 1. The average Bonchev–Trinajstić information content (AvgIpc) is 2.79. The Hall–Kier alpha value is -1.09. The largest absolute Gasteiger partial charge is 0.497 e. The maximum atomic E-state index is 5.33. The normalized spacial score (nSPS) is 12.9. The maximum Gasteiger partial charge on any atom is 0.119 e. The van der Waals surface area contributed by atoms with Crippen molar-refractivity contribution >= 4 is 20.9 Å². The number of nitrogens with zero attached hydrogens (tertiary/aromatic N) is 1. The molecule has 19 heavy (non-hydrogen) atoms. The Morgan fingerprint density at radius 3 is 2.21 bits per heavy atom. The van der Waals surface area contributed by atoms with Crippen molar-refractivity contribution in [3.05, 3.63) is 24.3 Å². The molecule has 0 N–H and O–H groups in total. The number of rotatable bonds is 5. The third kappa shape index (κ3) is 2.25. The van der Waals surface area contributed by atoms with Gasteiger partial charge in [0.05, 0.1) is 12.1 Å². The van der Waals surface area contributed by atoms with E-state index in [-0.39, 0.29) is 0 Å². The summed E-state index contributed by atoms with van der Waals surface area (Å²) >= 11 is 0. The zero-order valence-electron chi connectivity index (χ0n) is 12.7. The van der Waals surface area contributed by atoms with Gasteiger partial charge in [0.25, 0.3) is 0 Å². The van der Waals surface area contributed by atoms with Crippen molar-refractivity contribution in [3.8, 4) is 5.75 Å². The molecule has 1 aromatic heterocycles. The van der Waals surface area contributed by atoms with E-state index in [9.17, 15) is 0 Å². The van der Waals surface area contributed by atoms with E-state index < -0.39 is 10.0 Å². The first-order valence-electron chi connectivity index (χ1n) is 7.01. The second kappa shape index (κ2) is 5.49. The molecule has 0 aliphatic heterocycles. The molecule has 0 fully saturated rings. The van der Waals surface area contributed by atoms with Crippen LogP contribution in [-0.2, 0) is 7.05 Å². The van der Waals surface area contributed by atoms with E-state index >= 15 is 0 Å². The summed E-state index contributed by atoms with van der Waals surface area (Å²) in [5, 5.41) is 2.83. The van der Waals surface area contributed by atoms with Gasteiger partial charge in [0, 0.05) is 18.0 Å². The van der Waals surface area contributed by atoms with E-state index in [0.29, 0.717) is 0 Å². The molecule has 1 heterocycles. The lowest BCUT2D eigenvalue weighted by Crippen LogP contribution is -2.12. The van der Waals surface area contributed by atoms with Crippen LogP contribution in [-0.4, -0.2) is 28.9 Å². The monoisotopic (exact) mass is 279 g/mol. The van der Waals surface area contributed by atoms with Crippen LogP contribution in [0.25, 0.3) is 10.9 Å². The average molecular weight is 279 g/mol. The zero-order chi connectivity index (χ0) is 14.0. The van der Waals surface area contributed by atoms with Gasteiger partial charge in [-0.1, -0.05) is 20.8 Å². The lowest BCUT2D eigenvalue weighted by atomic mass is 10.2. The summed E-state index contributed by atoms with van der Waals surface area (Å²) < 4.78 is 7.72. The summed E-state index contributed by atoms with van der Waals surface area (Å²) in [5.41, 5.74) is 1.31. The first-order valence-corrected chi connectivity index (χ1v) is 9.15. The molecule has 0 aliphatic rings. The highest BCUT2D eigenvalue weighted by Gasteiger charge is 2.24. The number of hydrogen-bond donors (Lipinski definition) is 0. The molecule has 2 rings (SSSR count). The Bertz CT molecular complexity index is 561. The molecule has 106 valence electrons. The molecule has 0 radical (unpaired) electrons. The highest BCUT2D eigenvalue weighted by atomic mass is 32.3. The predicted molar refractivity (Wildman–Crippen MR) is 87.0 cm³/mol. The Labute approximate surface area is 118 Å². The van der Waals surface area contributed by atoms with E-state index in [4.69, 9.17) is 4.74 Å². The predicted octanol–water partition coefficient (Wildman–Crippen LogP) is 4.41. The van der Waals surface area contributed by atoms with Crippen LogP contribution >= 0.6 is 10.0 Å². The fourth-order valence-corrected chi connectivity index (χ4v) is 6.07. The molecule has 0 aliphatic carbocycles. The number of fused-ring (bicyclic) bond motifs is 1. The maximum absolute atomic E-state index is 5.33. The molecule has 0 bridgehead atoms. The molecule has 0 amide bonds. The van der Waals surface area contributed by atoms with Gasteiger partial charge in [0.1, 0.15) is 5.75 Å². The quantitative estimate of drug-likeness (QED) is 0.790. The Kier molecular flexibility index (Phi) is 4.14. The fraction of sp³-hybridized carbons (Fsp3) is 0.500. The first-order chi connectivity index (χ1) is 9.11. The van der Waals surface area contributed by atoms with Crippen LogP contribution in [0.1, 0.15) is 20.8 Å². The Morgan fingerprint density at radius 2 is 1.68 bits per heavy atom. The highest BCUT2D eigenvalue weighted by molar-refractivity contribution is 8.33. The first kappa shape index (κ1) is 14.3. The third-order valence-electron chi connectivity index (χ3n) is 4.31. The van der Waals surface area contributed by atoms with Gasteiger partial charge in [0.2, 0.25) is 0 Å². The molecule has 0 saturated carbocycles. The van der Waals surface area contributed by atoms with Crippen LogP contribution in [0.3, 0.4) is 0 Å². The van der Waals surface area contributed by atoms with Crippen LogP contribution < -0.4 is 4.74 Å². The van der Waals surface area contributed by atoms with Crippen LogP contribution in [0.15, 0.2) is 29.3 Å². The lowest BCUT2D eigenvalue weighted by Gasteiger charge is -2.37. The minimum atomic E-state index is -0.679. The van der Waals surface area contributed by atoms with Gasteiger partial charge in [-0.3, -0.25) is 0 Å². The van der Waals surface area contributed by atoms with Crippen molar-refractivity contribution in [1.82, 2.24) is 4.57 Å².